The van der Waals surface area contributed by atoms with Crippen molar-refractivity contribution in [1.82, 2.24) is 0 Å². The normalized spacial score (nSPS) is 32.8. The minimum absolute atomic E-state index is 0.294. The van der Waals surface area contributed by atoms with Crippen LogP contribution >= 0.6 is 11.8 Å². The summed E-state index contributed by atoms with van der Waals surface area (Å²) in [5.41, 5.74) is 0.595. The summed E-state index contributed by atoms with van der Waals surface area (Å²) < 4.78 is 12.6. The molecule has 0 bridgehead atoms. The Bertz CT molecular complexity index is 260. The summed E-state index contributed by atoms with van der Waals surface area (Å²) in [6.45, 7) is 13.5. The zero-order valence-electron chi connectivity index (χ0n) is 11.5. The lowest BCUT2D eigenvalue weighted by molar-refractivity contribution is 0.289. The van der Waals surface area contributed by atoms with E-state index >= 15 is 0 Å². The van der Waals surface area contributed by atoms with Crippen LogP contribution in [0, 0.1) is 16.7 Å². The average molecular weight is 262 g/mol. The van der Waals surface area contributed by atoms with E-state index in [0.717, 1.165) is 12.2 Å². The third-order valence-electron chi connectivity index (χ3n) is 3.15. The molecule has 0 N–H and O–H groups in total. The van der Waals surface area contributed by atoms with Crippen LogP contribution in [0.3, 0.4) is 0 Å². The fraction of sp³-hybridized carbons (Fsp3) is 1.00. The van der Waals surface area contributed by atoms with Gasteiger partial charge in [-0.05, 0) is 28.9 Å². The zero-order chi connectivity index (χ0) is 12.6. The van der Waals surface area contributed by atoms with Crippen molar-refractivity contribution in [2.75, 3.05) is 11.5 Å². The van der Waals surface area contributed by atoms with Crippen LogP contribution in [-0.4, -0.2) is 20.3 Å². The Morgan fingerprint density at radius 2 is 1.75 bits per heavy atom. The van der Waals surface area contributed by atoms with Crippen LogP contribution in [0.4, 0.5) is 0 Å². The lowest BCUT2D eigenvalue weighted by atomic mass is 9.83. The van der Waals surface area contributed by atoms with E-state index in [1.165, 1.54) is 5.75 Å². The van der Waals surface area contributed by atoms with E-state index in [0.29, 0.717) is 21.3 Å². The van der Waals surface area contributed by atoms with Gasteiger partial charge in [0, 0.05) is 16.6 Å². The second-order valence-electron chi connectivity index (χ2n) is 7.14. The summed E-state index contributed by atoms with van der Waals surface area (Å²) in [5, 5.41) is 0. The standard InChI is InChI=1S/C13H26OS2/c1-12(2,3)7-11-15-8-10(9-16(11)14)13(4,5)6/h10-11H,7-9H2,1-6H3/t10?,11-,16-/m1/s1. The van der Waals surface area contributed by atoms with E-state index in [1.54, 1.807) is 0 Å². The molecule has 1 unspecified atom stereocenters. The summed E-state index contributed by atoms with van der Waals surface area (Å²) in [6.07, 6.45) is 1.07. The molecule has 3 atom stereocenters. The van der Waals surface area contributed by atoms with Crippen LogP contribution in [0.2, 0.25) is 0 Å². The van der Waals surface area contributed by atoms with Gasteiger partial charge in [0.2, 0.25) is 0 Å². The lowest BCUT2D eigenvalue weighted by Gasteiger charge is -2.37. The van der Waals surface area contributed by atoms with E-state index in [9.17, 15) is 4.21 Å². The highest BCUT2D eigenvalue weighted by molar-refractivity contribution is 8.11. The topological polar surface area (TPSA) is 17.1 Å². The van der Waals surface area contributed by atoms with Gasteiger partial charge in [-0.25, -0.2) is 0 Å². The van der Waals surface area contributed by atoms with Gasteiger partial charge < -0.3 is 0 Å². The third-order valence-corrected chi connectivity index (χ3v) is 6.82. The van der Waals surface area contributed by atoms with Crippen molar-refractivity contribution in [2.45, 2.75) is 52.5 Å². The Labute approximate surface area is 108 Å². The van der Waals surface area contributed by atoms with Gasteiger partial charge in [0.25, 0.3) is 0 Å². The predicted octanol–water partition coefficient (Wildman–Crippen LogP) is 3.91. The smallest absolute Gasteiger partial charge is 0.0806 e. The molecule has 0 saturated carbocycles. The number of hydrogen-bond donors (Lipinski definition) is 0. The summed E-state index contributed by atoms with van der Waals surface area (Å²) in [7, 11) is -0.638. The third kappa shape index (κ3) is 4.40. The molecule has 16 heavy (non-hydrogen) atoms. The second kappa shape index (κ2) is 5.01. The molecule has 0 amide bonds. The van der Waals surface area contributed by atoms with Crippen molar-refractivity contribution in [3.8, 4) is 0 Å². The Balaban J connectivity index is 2.57. The fourth-order valence-corrected chi connectivity index (χ4v) is 6.63. The van der Waals surface area contributed by atoms with Crippen LogP contribution in [0.15, 0.2) is 0 Å². The van der Waals surface area contributed by atoms with Gasteiger partial charge in [-0.1, -0.05) is 41.5 Å². The van der Waals surface area contributed by atoms with Gasteiger partial charge in [-0.2, -0.15) is 0 Å². The van der Waals surface area contributed by atoms with Crippen LogP contribution in [-0.2, 0) is 10.8 Å². The molecule has 1 rings (SSSR count). The zero-order valence-corrected chi connectivity index (χ0v) is 13.1. The first-order valence-corrected chi connectivity index (χ1v) is 8.51. The highest BCUT2D eigenvalue weighted by atomic mass is 32.2. The molecule has 1 aliphatic rings. The average Bonchev–Trinajstić information content (AvgIpc) is 2.04. The Morgan fingerprint density at radius 3 is 2.12 bits per heavy atom. The Morgan fingerprint density at radius 1 is 1.19 bits per heavy atom. The Kier molecular flexibility index (Phi) is 4.56. The van der Waals surface area contributed by atoms with Gasteiger partial charge in [-0.3, -0.25) is 4.21 Å². The first kappa shape index (κ1) is 14.6. The van der Waals surface area contributed by atoms with E-state index in [4.69, 9.17) is 0 Å². The minimum Gasteiger partial charge on any atom is -0.258 e. The molecule has 0 aromatic carbocycles. The van der Waals surface area contributed by atoms with Crippen molar-refractivity contribution in [3.05, 3.63) is 0 Å². The second-order valence-corrected chi connectivity index (χ2v) is 10.3. The van der Waals surface area contributed by atoms with E-state index in [2.05, 4.69) is 41.5 Å². The van der Waals surface area contributed by atoms with Crippen molar-refractivity contribution in [3.63, 3.8) is 0 Å². The molecular weight excluding hydrogens is 236 g/mol. The van der Waals surface area contributed by atoms with Crippen molar-refractivity contribution in [2.24, 2.45) is 16.7 Å². The number of thioether (sulfide) groups is 1. The molecule has 1 fully saturated rings. The molecule has 0 aromatic heterocycles. The summed E-state index contributed by atoms with van der Waals surface area (Å²) in [6, 6.07) is 0. The van der Waals surface area contributed by atoms with Gasteiger partial charge in [0.05, 0.1) is 4.58 Å². The van der Waals surface area contributed by atoms with E-state index in [-0.39, 0.29) is 0 Å². The first-order valence-electron chi connectivity index (χ1n) is 6.08. The number of rotatable bonds is 1. The quantitative estimate of drug-likeness (QED) is 0.713. The van der Waals surface area contributed by atoms with Gasteiger partial charge >= 0.3 is 0 Å². The summed E-state index contributed by atoms with van der Waals surface area (Å²) >= 11 is 1.93. The van der Waals surface area contributed by atoms with Crippen LogP contribution < -0.4 is 0 Å². The number of hydrogen-bond acceptors (Lipinski definition) is 2. The maximum absolute atomic E-state index is 12.2. The van der Waals surface area contributed by atoms with Gasteiger partial charge in [0.1, 0.15) is 0 Å². The maximum atomic E-state index is 12.2. The van der Waals surface area contributed by atoms with Crippen molar-refractivity contribution < 1.29 is 4.21 Å². The molecule has 3 heteroatoms. The summed E-state index contributed by atoms with van der Waals surface area (Å²) in [5.74, 6) is 2.68. The predicted molar refractivity (Wildman–Crippen MR) is 76.3 cm³/mol. The molecule has 1 saturated heterocycles. The van der Waals surface area contributed by atoms with Crippen LogP contribution in [0.5, 0.6) is 0 Å². The molecular formula is C13H26OS2. The molecule has 1 heterocycles. The minimum atomic E-state index is -0.638. The van der Waals surface area contributed by atoms with E-state index in [1.807, 2.05) is 11.8 Å². The molecule has 0 radical (unpaired) electrons. The SMILES string of the molecule is CC(C)(C)C[C@@H]1SCC(C(C)(C)C)C[S@]1=O. The van der Waals surface area contributed by atoms with Crippen LogP contribution in [0.25, 0.3) is 0 Å². The fourth-order valence-electron chi connectivity index (χ4n) is 1.80. The maximum Gasteiger partial charge on any atom is 0.0806 e. The highest BCUT2D eigenvalue weighted by Gasteiger charge is 2.35. The molecule has 0 aromatic rings. The first-order chi connectivity index (χ1) is 7.09. The van der Waals surface area contributed by atoms with Crippen molar-refractivity contribution in [1.29, 1.82) is 0 Å². The van der Waals surface area contributed by atoms with E-state index < -0.39 is 10.8 Å². The van der Waals surface area contributed by atoms with Crippen LogP contribution in [0.1, 0.15) is 48.0 Å². The molecule has 96 valence electrons. The largest absolute Gasteiger partial charge is 0.258 e. The molecule has 0 aliphatic carbocycles. The molecule has 1 aliphatic heterocycles. The monoisotopic (exact) mass is 262 g/mol. The molecule has 0 spiro atoms. The lowest BCUT2D eigenvalue weighted by Crippen LogP contribution is -2.37. The van der Waals surface area contributed by atoms with Gasteiger partial charge in [-0.15, -0.1) is 11.8 Å². The Hall–Kier alpha value is 0.500. The van der Waals surface area contributed by atoms with Crippen molar-refractivity contribution >= 4 is 22.6 Å². The van der Waals surface area contributed by atoms with Gasteiger partial charge in [0.15, 0.2) is 0 Å². The summed E-state index contributed by atoms with van der Waals surface area (Å²) in [4.78, 5) is 0. The highest BCUT2D eigenvalue weighted by Crippen LogP contribution is 2.40. The molecule has 1 nitrogen and oxygen atoms in total.